The van der Waals surface area contributed by atoms with Gasteiger partial charge < -0.3 is 38.4 Å². The third-order valence-corrected chi connectivity index (χ3v) is 14.6. The van der Waals surface area contributed by atoms with Crippen molar-refractivity contribution in [2.45, 2.75) is 36.2 Å². The fraction of sp³-hybridized carbons (Fsp3) is 0.276. The minimum atomic E-state index is -2.02. The highest BCUT2D eigenvalue weighted by molar-refractivity contribution is 6.23. The molecule has 3 saturated heterocycles. The number of fused-ring (bicyclic) bond motifs is 4. The topological polar surface area (TPSA) is 157 Å². The molecule has 15 heteroatoms. The van der Waals surface area contributed by atoms with Crippen molar-refractivity contribution in [1.82, 2.24) is 14.7 Å². The van der Waals surface area contributed by atoms with E-state index < -0.39 is 59.4 Å². The Hall–Kier alpha value is -8.16. The summed E-state index contributed by atoms with van der Waals surface area (Å²) in [5, 5.41) is 10.8. The van der Waals surface area contributed by atoms with E-state index >= 15 is 14.4 Å². The monoisotopic (exact) mass is 980 g/mol. The van der Waals surface area contributed by atoms with Gasteiger partial charge in [-0.1, -0.05) is 90.7 Å². The van der Waals surface area contributed by atoms with Crippen LogP contribution in [0.15, 0.2) is 146 Å². The quantitative estimate of drug-likeness (QED) is 0.0829. The average molecular weight is 981 g/mol. The number of piperazine rings is 1. The maximum atomic E-state index is 16.6. The van der Waals surface area contributed by atoms with E-state index in [1.165, 1.54) is 19.2 Å². The van der Waals surface area contributed by atoms with Crippen LogP contribution in [0.25, 0.3) is 0 Å². The highest BCUT2D eigenvalue weighted by Gasteiger charge is 2.76. The predicted molar refractivity (Wildman–Crippen MR) is 267 cm³/mol. The third kappa shape index (κ3) is 8.46. The van der Waals surface area contributed by atoms with Crippen LogP contribution in [0.1, 0.15) is 57.1 Å². The zero-order valence-corrected chi connectivity index (χ0v) is 40.2. The van der Waals surface area contributed by atoms with Gasteiger partial charge in [-0.05, 0) is 94.5 Å². The molecule has 0 aliphatic carbocycles. The molecule has 3 amide bonds. The van der Waals surface area contributed by atoms with Gasteiger partial charge in [0.05, 0.1) is 37.4 Å². The molecular weight excluding hydrogens is 929 g/mol. The van der Waals surface area contributed by atoms with Crippen LogP contribution in [-0.2, 0) is 40.6 Å². The average Bonchev–Trinajstić information content (AvgIpc) is 4.13. The van der Waals surface area contributed by atoms with Crippen LogP contribution in [0.2, 0.25) is 0 Å². The summed E-state index contributed by atoms with van der Waals surface area (Å²) in [6.07, 6.45) is -1.88. The molecule has 0 radical (unpaired) electrons. The molecular formula is C58H52N4O11. The van der Waals surface area contributed by atoms with E-state index in [4.69, 9.17) is 28.4 Å². The summed E-state index contributed by atoms with van der Waals surface area (Å²) in [4.78, 5) is 70.0. The number of hydrogen-bond acceptors (Lipinski definition) is 13. The number of anilines is 1. The SMILES string of the molecule is COCCOC(=O)N1C(=O)[C@@]2(c3cc(C#Cc4ccc(OC)cc4)ccc31)[C@H](C(=O)N1CCN(Cc3ccc4c(c3)OCO4)CC1)[C@H]1C(=O)O[C@H](c3ccccc3)[C@H](c3ccccc3)N1[C@@H]2c1ccc(O)cc1. The Morgan fingerprint density at radius 1 is 0.712 bits per heavy atom. The maximum Gasteiger partial charge on any atom is 0.421 e. The lowest BCUT2D eigenvalue weighted by molar-refractivity contribution is -0.179. The number of benzene rings is 6. The van der Waals surface area contributed by atoms with Gasteiger partial charge in [-0.25, -0.2) is 9.69 Å². The zero-order chi connectivity index (χ0) is 50.2. The molecule has 0 unspecified atom stereocenters. The summed E-state index contributed by atoms with van der Waals surface area (Å²) in [5.41, 5.74) is 2.65. The molecule has 3 fully saturated rings. The van der Waals surface area contributed by atoms with E-state index in [-0.39, 0.29) is 44.5 Å². The molecule has 6 atom stereocenters. The number of phenolic OH excluding ortho intramolecular Hbond substituents is 1. The molecule has 1 spiro atoms. The fourth-order valence-corrected chi connectivity index (χ4v) is 11.3. The van der Waals surface area contributed by atoms with Crippen LogP contribution in [0.4, 0.5) is 10.5 Å². The molecule has 5 aliphatic rings. The van der Waals surface area contributed by atoms with Gasteiger partial charge in [0.15, 0.2) is 11.5 Å². The summed E-state index contributed by atoms with van der Waals surface area (Å²) >= 11 is 0. The summed E-state index contributed by atoms with van der Waals surface area (Å²) in [5.74, 6) is 5.12. The highest BCUT2D eigenvalue weighted by atomic mass is 16.7. The molecule has 0 aromatic heterocycles. The van der Waals surface area contributed by atoms with Crippen LogP contribution in [0, 0.1) is 17.8 Å². The first kappa shape index (κ1) is 47.2. The Labute approximate surface area is 422 Å². The maximum absolute atomic E-state index is 16.6. The first-order valence-corrected chi connectivity index (χ1v) is 24.2. The van der Waals surface area contributed by atoms with Gasteiger partial charge in [-0.15, -0.1) is 0 Å². The van der Waals surface area contributed by atoms with Gasteiger partial charge in [0.25, 0.3) is 0 Å². The highest BCUT2D eigenvalue weighted by Crippen LogP contribution is 2.66. The minimum absolute atomic E-state index is 0.0315. The first-order chi connectivity index (χ1) is 35.7. The van der Waals surface area contributed by atoms with Crippen molar-refractivity contribution in [1.29, 1.82) is 0 Å². The predicted octanol–water partition coefficient (Wildman–Crippen LogP) is 7.32. The number of imide groups is 1. The Kier molecular flexibility index (Phi) is 12.8. The Morgan fingerprint density at radius 2 is 1.40 bits per heavy atom. The number of amides is 3. The normalized spacial score (nSPS) is 23.1. The van der Waals surface area contributed by atoms with Gasteiger partial charge in [0.2, 0.25) is 18.6 Å². The molecule has 5 aliphatic heterocycles. The number of morpholine rings is 1. The van der Waals surface area contributed by atoms with Crippen LogP contribution in [0.3, 0.4) is 0 Å². The lowest BCUT2D eigenvalue weighted by Gasteiger charge is -2.46. The number of cyclic esters (lactones) is 1. The Morgan fingerprint density at radius 3 is 2.11 bits per heavy atom. The third-order valence-electron chi connectivity index (χ3n) is 14.6. The van der Waals surface area contributed by atoms with Crippen molar-refractivity contribution in [3.63, 3.8) is 0 Å². The molecule has 6 aromatic rings. The number of methoxy groups -OCH3 is 2. The second-order valence-electron chi connectivity index (χ2n) is 18.6. The summed E-state index contributed by atoms with van der Waals surface area (Å²) in [6, 6.07) is 40.4. The molecule has 370 valence electrons. The van der Waals surface area contributed by atoms with Crippen molar-refractivity contribution in [2.24, 2.45) is 5.92 Å². The van der Waals surface area contributed by atoms with Crippen molar-refractivity contribution >= 4 is 29.6 Å². The molecule has 0 saturated carbocycles. The zero-order valence-electron chi connectivity index (χ0n) is 40.2. The van der Waals surface area contributed by atoms with Gasteiger partial charge in [0, 0.05) is 51.0 Å². The lowest BCUT2D eigenvalue weighted by atomic mass is 9.65. The largest absolute Gasteiger partial charge is 0.508 e. The van der Waals surface area contributed by atoms with Crippen molar-refractivity contribution in [3.8, 4) is 34.8 Å². The molecule has 5 heterocycles. The molecule has 11 rings (SSSR count). The number of nitrogens with zero attached hydrogens (tertiary/aromatic N) is 4. The van der Waals surface area contributed by atoms with E-state index in [0.717, 1.165) is 16.0 Å². The van der Waals surface area contributed by atoms with Crippen molar-refractivity contribution in [3.05, 3.63) is 185 Å². The summed E-state index contributed by atoms with van der Waals surface area (Å²) in [7, 11) is 3.06. The van der Waals surface area contributed by atoms with Crippen LogP contribution < -0.4 is 19.1 Å². The van der Waals surface area contributed by atoms with E-state index in [1.807, 2.05) is 108 Å². The second kappa shape index (κ2) is 19.8. The van der Waals surface area contributed by atoms with E-state index in [0.29, 0.717) is 64.7 Å². The number of ether oxygens (including phenoxy) is 6. The number of aromatic hydroxyl groups is 1. The summed E-state index contributed by atoms with van der Waals surface area (Å²) < 4.78 is 34.2. The second-order valence-corrected chi connectivity index (χ2v) is 18.6. The molecule has 15 nitrogen and oxygen atoms in total. The van der Waals surface area contributed by atoms with Gasteiger partial charge in [0.1, 0.15) is 35.7 Å². The number of phenols is 1. The van der Waals surface area contributed by atoms with Crippen LogP contribution in [0.5, 0.6) is 23.0 Å². The Bertz CT molecular complexity index is 3120. The van der Waals surface area contributed by atoms with Gasteiger partial charge in [-0.2, -0.15) is 0 Å². The van der Waals surface area contributed by atoms with Crippen LogP contribution in [-0.4, -0.2) is 110 Å². The molecule has 73 heavy (non-hydrogen) atoms. The van der Waals surface area contributed by atoms with Crippen molar-refractivity contribution in [2.75, 3.05) is 65.3 Å². The van der Waals surface area contributed by atoms with E-state index in [1.54, 1.807) is 42.3 Å². The minimum Gasteiger partial charge on any atom is -0.508 e. The van der Waals surface area contributed by atoms with E-state index in [9.17, 15) is 9.90 Å². The lowest BCUT2D eigenvalue weighted by Crippen LogP contribution is -2.59. The molecule has 6 aromatic carbocycles. The molecule has 0 bridgehead atoms. The Balaban J connectivity index is 1.11. The fourth-order valence-electron chi connectivity index (χ4n) is 11.3. The van der Waals surface area contributed by atoms with E-state index in [2.05, 4.69) is 16.7 Å². The number of rotatable bonds is 10. The number of hydrogen-bond donors (Lipinski definition) is 1. The number of carbonyl (C=O) groups is 4. The molecule has 1 N–H and O–H groups in total. The summed E-state index contributed by atoms with van der Waals surface area (Å²) in [6.45, 7) is 2.16. The van der Waals surface area contributed by atoms with Gasteiger partial charge >= 0.3 is 12.1 Å². The van der Waals surface area contributed by atoms with Crippen molar-refractivity contribution < 1.29 is 52.7 Å². The smallest absolute Gasteiger partial charge is 0.421 e. The van der Waals surface area contributed by atoms with Gasteiger partial charge in [-0.3, -0.25) is 24.2 Å². The number of esters is 1. The number of carbonyl (C=O) groups excluding carboxylic acids is 4. The first-order valence-electron chi connectivity index (χ1n) is 24.2. The standard InChI is InChI=1S/C58H52N4O11/c1-68-31-32-70-57(67)61-46-25-17-38(14-13-37-15-23-44(69-2)24-16-37)33-45(46)58(56(61)66)49(54(64)60-29-27-59(28-30-60)35-39-18-26-47-48(34-39)72-36-71-47)51-55(65)73-52(41-11-7-4-8-12-41)50(40-9-5-3-6-10-40)62(51)53(58)42-19-21-43(63)22-20-42/h3-12,15-26,33-34,49-53,63H,27-32,35-36H2,1-2H3/t49-,50-,51-,52+,53+,58-/m0/s1. The van der Waals surface area contributed by atoms with Crippen LogP contribution >= 0.6 is 0 Å².